The highest BCUT2D eigenvalue weighted by Gasteiger charge is 2.15. The van der Waals surface area contributed by atoms with E-state index in [0.717, 1.165) is 21.4 Å². The smallest absolute Gasteiger partial charge is 0.0461 e. The lowest BCUT2D eigenvalue weighted by Crippen LogP contribution is -2.11. The molecule has 0 saturated carbocycles. The molecule has 3 heteroatoms. The van der Waals surface area contributed by atoms with Gasteiger partial charge < -0.3 is 0 Å². The summed E-state index contributed by atoms with van der Waals surface area (Å²) >= 11 is 14.3. The zero-order valence-corrected chi connectivity index (χ0v) is 15.2. The summed E-state index contributed by atoms with van der Waals surface area (Å²) in [4.78, 5) is 1.29. The first kappa shape index (κ1) is 16.7. The van der Waals surface area contributed by atoms with Crippen molar-refractivity contribution in [3.05, 3.63) is 63.1 Å². The Morgan fingerprint density at radius 2 is 1.62 bits per heavy atom. The monoisotopic (exact) mass is 338 g/mol. The second kappa shape index (κ2) is 6.64. The Morgan fingerprint density at radius 3 is 2.19 bits per heavy atom. The predicted molar refractivity (Wildman–Crippen MR) is 95.9 cm³/mol. The highest BCUT2D eigenvalue weighted by atomic mass is 35.5. The van der Waals surface area contributed by atoms with E-state index in [0.29, 0.717) is 0 Å². The van der Waals surface area contributed by atoms with Crippen LogP contribution in [0.25, 0.3) is 0 Å². The topological polar surface area (TPSA) is 0 Å². The number of hydrogen-bond acceptors (Lipinski definition) is 1. The zero-order chi connectivity index (χ0) is 15.6. The Hall–Kier alpha value is -0.630. The van der Waals surface area contributed by atoms with Crippen LogP contribution in [0.4, 0.5) is 0 Å². The molecule has 0 aliphatic carbocycles. The van der Waals surface area contributed by atoms with Gasteiger partial charge in [-0.05, 0) is 47.2 Å². The quantitative estimate of drug-likeness (QED) is 0.549. The van der Waals surface area contributed by atoms with Gasteiger partial charge in [0.15, 0.2) is 0 Å². The Balaban J connectivity index is 2.24. The minimum absolute atomic E-state index is 0.158. The maximum absolute atomic E-state index is 6.24. The molecule has 0 aromatic heterocycles. The number of halogens is 2. The van der Waals surface area contributed by atoms with Gasteiger partial charge in [0.1, 0.15) is 0 Å². The average Bonchev–Trinajstić information content (AvgIpc) is 2.38. The third-order valence-electron chi connectivity index (χ3n) is 3.49. The van der Waals surface area contributed by atoms with Crippen LogP contribution in [0, 0.1) is 6.92 Å². The van der Waals surface area contributed by atoms with Gasteiger partial charge >= 0.3 is 0 Å². The van der Waals surface area contributed by atoms with Crippen molar-refractivity contribution in [2.45, 2.75) is 43.8 Å². The number of hydrogen-bond donors (Lipinski definition) is 0. The summed E-state index contributed by atoms with van der Waals surface area (Å²) in [7, 11) is 0. The molecule has 2 rings (SSSR count). The number of aryl methyl sites for hydroxylation is 1. The molecule has 0 heterocycles. The minimum Gasteiger partial charge on any atom is -0.121 e. The van der Waals surface area contributed by atoms with Crippen molar-refractivity contribution in [1.29, 1.82) is 0 Å². The van der Waals surface area contributed by atoms with E-state index in [9.17, 15) is 0 Å². The summed E-state index contributed by atoms with van der Waals surface area (Å²) < 4.78 is 0. The molecular formula is C18H20Cl2S. The minimum atomic E-state index is 0.158. The Morgan fingerprint density at radius 1 is 1.00 bits per heavy atom. The molecule has 0 unspecified atom stereocenters. The molecule has 0 N–H and O–H groups in total. The van der Waals surface area contributed by atoms with E-state index in [1.165, 1.54) is 16.0 Å². The fraction of sp³-hybridized carbons (Fsp3) is 0.333. The first-order valence-electron chi connectivity index (χ1n) is 6.96. The van der Waals surface area contributed by atoms with Gasteiger partial charge in [-0.25, -0.2) is 0 Å². The normalized spacial score (nSPS) is 11.7. The second-order valence-electron chi connectivity index (χ2n) is 6.22. The third kappa shape index (κ3) is 4.18. The van der Waals surface area contributed by atoms with Crippen LogP contribution in [0.1, 0.15) is 37.5 Å². The average molecular weight is 339 g/mol. The van der Waals surface area contributed by atoms with Crippen LogP contribution in [0.3, 0.4) is 0 Å². The maximum atomic E-state index is 6.24. The molecule has 0 fully saturated rings. The van der Waals surface area contributed by atoms with E-state index in [2.05, 4.69) is 45.9 Å². The largest absolute Gasteiger partial charge is 0.121 e. The van der Waals surface area contributed by atoms with Crippen LogP contribution < -0.4 is 0 Å². The molecule has 0 saturated heterocycles. The first-order chi connectivity index (χ1) is 9.79. The fourth-order valence-electron chi connectivity index (χ4n) is 2.04. The van der Waals surface area contributed by atoms with Gasteiger partial charge in [0.25, 0.3) is 0 Å². The molecule has 2 aromatic rings. The van der Waals surface area contributed by atoms with E-state index < -0.39 is 0 Å². The van der Waals surface area contributed by atoms with Crippen LogP contribution in [0.2, 0.25) is 10.0 Å². The van der Waals surface area contributed by atoms with E-state index in [-0.39, 0.29) is 5.41 Å². The van der Waals surface area contributed by atoms with Gasteiger partial charge in [0.05, 0.1) is 0 Å². The molecule has 0 aliphatic heterocycles. The molecule has 0 bridgehead atoms. The molecule has 0 aliphatic rings. The number of thioether (sulfide) groups is 1. The van der Waals surface area contributed by atoms with Gasteiger partial charge in [0, 0.05) is 20.7 Å². The first-order valence-corrected chi connectivity index (χ1v) is 8.70. The lowest BCUT2D eigenvalue weighted by molar-refractivity contribution is 0.588. The van der Waals surface area contributed by atoms with Crippen molar-refractivity contribution in [3.8, 4) is 0 Å². The molecule has 2 aromatic carbocycles. The third-order valence-corrected chi connectivity index (χ3v) is 5.38. The van der Waals surface area contributed by atoms with Gasteiger partial charge in [-0.15, -0.1) is 11.8 Å². The standard InChI is InChI=1S/C18H20Cl2S/c1-12-8-9-13(18(2,3)4)10-17(12)21-11-14-15(19)6-5-7-16(14)20/h5-10H,11H2,1-4H3. The van der Waals surface area contributed by atoms with E-state index in [1.54, 1.807) is 11.8 Å². The Labute approximate surface area is 141 Å². The molecule has 0 amide bonds. The van der Waals surface area contributed by atoms with Crippen LogP contribution >= 0.6 is 35.0 Å². The molecule has 0 atom stereocenters. The Kier molecular flexibility index (Phi) is 5.29. The van der Waals surface area contributed by atoms with Crippen molar-refractivity contribution >= 4 is 35.0 Å². The summed E-state index contributed by atoms with van der Waals surface area (Å²) in [6.07, 6.45) is 0. The second-order valence-corrected chi connectivity index (χ2v) is 8.05. The summed E-state index contributed by atoms with van der Waals surface area (Å²) in [5, 5.41) is 1.47. The fourth-order valence-corrected chi connectivity index (χ4v) is 3.85. The van der Waals surface area contributed by atoms with Crippen LogP contribution in [0.15, 0.2) is 41.3 Å². The molecule has 0 nitrogen and oxygen atoms in total. The maximum Gasteiger partial charge on any atom is 0.0461 e. The summed E-state index contributed by atoms with van der Waals surface area (Å²) in [5.74, 6) is 0.785. The van der Waals surface area contributed by atoms with E-state index >= 15 is 0 Å². The van der Waals surface area contributed by atoms with E-state index in [4.69, 9.17) is 23.2 Å². The van der Waals surface area contributed by atoms with E-state index in [1.807, 2.05) is 18.2 Å². The highest BCUT2D eigenvalue weighted by molar-refractivity contribution is 7.98. The van der Waals surface area contributed by atoms with Crippen molar-refractivity contribution in [2.75, 3.05) is 0 Å². The molecule has 112 valence electrons. The Bertz CT molecular complexity index is 622. The highest BCUT2D eigenvalue weighted by Crippen LogP contribution is 2.35. The van der Waals surface area contributed by atoms with Gasteiger partial charge in [-0.1, -0.05) is 62.2 Å². The van der Waals surface area contributed by atoms with Crippen LogP contribution in [-0.2, 0) is 11.2 Å². The molecule has 21 heavy (non-hydrogen) atoms. The van der Waals surface area contributed by atoms with Gasteiger partial charge in [-0.3, -0.25) is 0 Å². The lowest BCUT2D eigenvalue weighted by atomic mass is 9.87. The predicted octanol–water partition coefficient (Wildman–Crippen LogP) is 6.89. The summed E-state index contributed by atoms with van der Waals surface area (Å²) in [6.45, 7) is 8.84. The van der Waals surface area contributed by atoms with Crippen molar-refractivity contribution in [2.24, 2.45) is 0 Å². The number of benzene rings is 2. The summed E-state index contributed by atoms with van der Waals surface area (Å²) in [5.41, 5.74) is 3.80. The van der Waals surface area contributed by atoms with Crippen LogP contribution in [0.5, 0.6) is 0 Å². The number of rotatable bonds is 3. The van der Waals surface area contributed by atoms with Crippen molar-refractivity contribution in [3.63, 3.8) is 0 Å². The van der Waals surface area contributed by atoms with Crippen molar-refractivity contribution in [1.82, 2.24) is 0 Å². The SMILES string of the molecule is Cc1ccc(C(C)(C)C)cc1SCc1c(Cl)cccc1Cl. The van der Waals surface area contributed by atoms with Gasteiger partial charge in [-0.2, -0.15) is 0 Å². The van der Waals surface area contributed by atoms with Crippen LogP contribution in [-0.4, -0.2) is 0 Å². The molecule has 0 spiro atoms. The lowest BCUT2D eigenvalue weighted by Gasteiger charge is -2.20. The molecule has 0 radical (unpaired) electrons. The molecular weight excluding hydrogens is 319 g/mol. The zero-order valence-electron chi connectivity index (χ0n) is 12.8. The van der Waals surface area contributed by atoms with Gasteiger partial charge in [0.2, 0.25) is 0 Å². The summed E-state index contributed by atoms with van der Waals surface area (Å²) in [6, 6.07) is 12.3. The van der Waals surface area contributed by atoms with Crippen molar-refractivity contribution < 1.29 is 0 Å².